The van der Waals surface area contributed by atoms with Crippen LogP contribution in [0.2, 0.25) is 0 Å². The van der Waals surface area contributed by atoms with Crippen molar-refractivity contribution >= 4 is 99.9 Å². The summed E-state index contributed by atoms with van der Waals surface area (Å²) in [6, 6.07) is 23.0. The summed E-state index contributed by atoms with van der Waals surface area (Å²) in [5.41, 5.74) is 10.00. The molecule has 2 N–H and O–H groups in total. The van der Waals surface area contributed by atoms with Crippen molar-refractivity contribution in [3.63, 3.8) is 0 Å². The van der Waals surface area contributed by atoms with Crippen LogP contribution in [0.4, 0.5) is 11.4 Å². The Morgan fingerprint density at radius 1 is 0.495 bits per heavy atom. The molecule has 0 saturated heterocycles. The summed E-state index contributed by atoms with van der Waals surface area (Å²) in [4.78, 5) is 43.7. The number of anilines is 2. The number of nitrogens with zero attached hydrogens (tertiary/aromatic N) is 2. The van der Waals surface area contributed by atoms with E-state index in [0.717, 1.165) is 87.9 Å². The Bertz CT molecular complexity index is 3320. The van der Waals surface area contributed by atoms with Gasteiger partial charge in [-0.3, -0.25) is 9.59 Å². The van der Waals surface area contributed by atoms with Crippen LogP contribution in [-0.4, -0.2) is 24.9 Å². The molecule has 3 aliphatic rings. The van der Waals surface area contributed by atoms with E-state index in [1.54, 1.807) is 11.3 Å². The summed E-state index contributed by atoms with van der Waals surface area (Å²) < 4.78 is 2.61. The summed E-state index contributed by atoms with van der Waals surface area (Å²) in [6.07, 6.45) is 53.2. The monoisotopic (exact) mass is 1310 g/mol. The van der Waals surface area contributed by atoms with Crippen LogP contribution in [0.1, 0.15) is 331 Å². The molecule has 7 heterocycles. The van der Waals surface area contributed by atoms with E-state index in [-0.39, 0.29) is 17.2 Å². The van der Waals surface area contributed by atoms with Crippen molar-refractivity contribution in [2.45, 2.75) is 323 Å². The number of benzene rings is 2. The van der Waals surface area contributed by atoms with Gasteiger partial charge in [-0.05, 0) is 123 Å². The zero-order valence-corrected chi connectivity index (χ0v) is 61.5. The molecule has 0 spiro atoms. The van der Waals surface area contributed by atoms with Gasteiger partial charge in [0.25, 0.3) is 11.8 Å². The van der Waals surface area contributed by atoms with Crippen molar-refractivity contribution in [1.82, 2.24) is 0 Å². The van der Waals surface area contributed by atoms with Crippen LogP contribution in [0.15, 0.2) is 60.7 Å². The molecule has 6 aromatic rings. The molecule has 5 nitrogen and oxygen atoms in total. The molecule has 2 unspecified atom stereocenters. The first kappa shape index (κ1) is 71.7. The van der Waals surface area contributed by atoms with Crippen molar-refractivity contribution in [3.8, 4) is 9.75 Å². The van der Waals surface area contributed by atoms with E-state index in [9.17, 15) is 0 Å². The van der Waals surface area contributed by atoms with E-state index in [2.05, 4.69) is 119 Å². The average Bonchev–Trinajstić information content (AvgIpc) is 1.59. The SMILES string of the molecule is CCCCCCCCCCCCC1CCCCCCCCCCC(C)(C)c2ccc(s2)C2=c3cc4c(cc3N(CC(CCCCCCCCCC)CCCCCCCCCCCC)C2=O)=C(c2ccc(-c3cc5ccc6cc(C(C)(C)N)sc6c5s3)s2)C(=O)N4C1. The second kappa shape index (κ2) is 36.5. The first-order valence-electron chi connectivity index (χ1n) is 37.8. The molecule has 9 heteroatoms. The molecule has 0 saturated carbocycles. The lowest BCUT2D eigenvalue weighted by Crippen LogP contribution is -2.35. The number of carbonyl (C=O) groups is 2. The van der Waals surface area contributed by atoms with Crippen LogP contribution in [0.5, 0.6) is 0 Å². The lowest BCUT2D eigenvalue weighted by molar-refractivity contribution is -0.114. The first-order chi connectivity index (χ1) is 44.3. The summed E-state index contributed by atoms with van der Waals surface area (Å²) in [7, 11) is 0. The van der Waals surface area contributed by atoms with Crippen molar-refractivity contribution in [2.75, 3.05) is 22.9 Å². The maximum atomic E-state index is 16.1. The number of hydrogen-bond donors (Lipinski definition) is 1. The zero-order valence-electron chi connectivity index (χ0n) is 58.3. The normalized spacial score (nSPS) is 17.2. The minimum Gasteiger partial charge on any atom is -0.321 e. The third-order valence-electron chi connectivity index (χ3n) is 21.0. The minimum atomic E-state index is -0.401. The van der Waals surface area contributed by atoms with E-state index in [0.29, 0.717) is 11.8 Å². The van der Waals surface area contributed by atoms with Crippen LogP contribution in [0, 0.1) is 11.8 Å². The molecule has 2 aromatic carbocycles. The fourth-order valence-corrected chi connectivity index (χ4v) is 20.0. The highest BCUT2D eigenvalue weighted by Gasteiger charge is 2.39. The minimum absolute atomic E-state index is 0.0215. The van der Waals surface area contributed by atoms with Gasteiger partial charge in [0.1, 0.15) is 0 Å². The third-order valence-corrected chi connectivity index (χ3v) is 26.6. The average molecular weight is 1310 g/mol. The van der Waals surface area contributed by atoms with Crippen molar-refractivity contribution < 1.29 is 9.59 Å². The van der Waals surface area contributed by atoms with Gasteiger partial charge in [-0.25, -0.2) is 0 Å². The summed E-state index contributed by atoms with van der Waals surface area (Å²) in [5, 5.41) is 4.56. The van der Waals surface area contributed by atoms with Crippen LogP contribution >= 0.6 is 45.3 Å². The van der Waals surface area contributed by atoms with Gasteiger partial charge in [-0.15, -0.1) is 45.3 Å². The van der Waals surface area contributed by atoms with Crippen LogP contribution in [0.3, 0.4) is 0 Å². The largest absolute Gasteiger partial charge is 0.321 e. The number of carbonyl (C=O) groups excluding carboxylic acids is 2. The maximum Gasteiger partial charge on any atom is 0.260 e. The summed E-state index contributed by atoms with van der Waals surface area (Å²) >= 11 is 7.33. The number of rotatable bonds is 36. The van der Waals surface area contributed by atoms with E-state index in [1.807, 2.05) is 34.0 Å². The molecule has 9 rings (SSSR count). The Labute approximate surface area is 568 Å². The second-order valence-electron chi connectivity index (χ2n) is 29.8. The summed E-state index contributed by atoms with van der Waals surface area (Å²) in [5.74, 6) is 1.13. The van der Waals surface area contributed by atoms with Gasteiger partial charge in [0.15, 0.2) is 0 Å². The molecular weight excluding hydrogens is 1190 g/mol. The summed E-state index contributed by atoms with van der Waals surface area (Å²) in [6.45, 7) is 17.5. The van der Waals surface area contributed by atoms with Crippen molar-refractivity contribution in [3.05, 3.63) is 90.6 Å². The highest BCUT2D eigenvalue weighted by molar-refractivity contribution is 7.30. The molecular formula is C82H121N3O2S4. The van der Waals surface area contributed by atoms with Gasteiger partial charge in [0, 0.05) is 58.3 Å². The van der Waals surface area contributed by atoms with E-state index in [1.165, 1.54) is 271 Å². The Hall–Kier alpha value is -3.60. The Morgan fingerprint density at radius 3 is 1.56 bits per heavy atom. The molecule has 2 atom stereocenters. The van der Waals surface area contributed by atoms with E-state index >= 15 is 9.59 Å². The second-order valence-corrected chi connectivity index (χ2v) is 34.1. The Kier molecular flexibility index (Phi) is 28.8. The Balaban J connectivity index is 1.10. The number of hydrogen-bond acceptors (Lipinski definition) is 7. The standard InChI is InChI=1S/C82H121N3O2S4/c1-8-11-14-17-20-23-25-30-35-40-45-61-46-42-37-32-27-28-33-38-43-54-81(4,5)73-53-52-71(89-73)76-66-58-67-65(57-68(66)85(80(76)87)60-62(44-39-34-29-22-19-16-13-10-3)47-41-36-31-26-24-21-18-15-12-9-2)75(79(86)84(67)59-61)70-51-50-69(88-70)72-55-63-48-49-64-56-74(82(6,7)83)91-78(64)77(63)90-72/h48-53,55-58,61-62H,8-47,54,59-60,83H2,1-7H3. The topological polar surface area (TPSA) is 66.6 Å². The van der Waals surface area contributed by atoms with Gasteiger partial charge in [-0.1, -0.05) is 278 Å². The first-order valence-corrected chi connectivity index (χ1v) is 41.1. The molecule has 2 amide bonds. The van der Waals surface area contributed by atoms with Crippen LogP contribution in [-0.2, 0) is 20.5 Å². The van der Waals surface area contributed by atoms with Gasteiger partial charge >= 0.3 is 0 Å². The quantitative estimate of drug-likeness (QED) is 0.0399. The third kappa shape index (κ3) is 20.0. The molecule has 0 aliphatic carbocycles. The van der Waals surface area contributed by atoms with E-state index in [4.69, 9.17) is 5.73 Å². The van der Waals surface area contributed by atoms with Gasteiger partial charge in [0.05, 0.1) is 31.9 Å². The molecule has 500 valence electrons. The van der Waals surface area contributed by atoms with Gasteiger partial charge < -0.3 is 15.5 Å². The molecule has 91 heavy (non-hydrogen) atoms. The highest BCUT2D eigenvalue weighted by Crippen LogP contribution is 2.46. The fraction of sp³-hybridized carbons (Fsp3) is 0.659. The molecule has 3 aliphatic heterocycles. The van der Waals surface area contributed by atoms with Gasteiger partial charge in [0.2, 0.25) is 0 Å². The zero-order chi connectivity index (χ0) is 64.0. The number of fused-ring (bicyclic) bond motifs is 6. The van der Waals surface area contributed by atoms with Crippen molar-refractivity contribution in [2.24, 2.45) is 17.6 Å². The number of unbranched alkanes of at least 4 members (excludes halogenated alkanes) is 25. The number of amides is 2. The lowest BCUT2D eigenvalue weighted by Gasteiger charge is -2.27. The molecule has 0 fully saturated rings. The maximum absolute atomic E-state index is 16.1. The van der Waals surface area contributed by atoms with Crippen LogP contribution < -0.4 is 26.0 Å². The Morgan fingerprint density at radius 2 is 0.967 bits per heavy atom. The predicted octanol–water partition coefficient (Wildman–Crippen LogP) is 24.8. The predicted molar refractivity (Wildman–Crippen MR) is 404 cm³/mol. The molecule has 0 radical (unpaired) electrons. The fourth-order valence-electron chi connectivity index (χ4n) is 15.2. The lowest BCUT2D eigenvalue weighted by atomic mass is 9.85. The highest BCUT2D eigenvalue weighted by atomic mass is 32.1. The van der Waals surface area contributed by atoms with Crippen molar-refractivity contribution in [1.29, 1.82) is 0 Å². The smallest absolute Gasteiger partial charge is 0.260 e. The number of nitrogens with two attached hydrogens (primary N) is 1. The van der Waals surface area contributed by atoms with Crippen LogP contribution in [0.25, 0.3) is 41.1 Å². The van der Waals surface area contributed by atoms with E-state index < -0.39 is 5.54 Å². The molecule has 4 aromatic heterocycles. The van der Waals surface area contributed by atoms with Gasteiger partial charge in [-0.2, -0.15) is 0 Å². The molecule has 4 bridgehead atoms. The number of thiophene rings is 4.